The zero-order chi connectivity index (χ0) is 10.2. The average Bonchev–Trinajstić information content (AvgIpc) is 2.78. The summed E-state index contributed by atoms with van der Waals surface area (Å²) in [6.07, 6.45) is 2.33. The van der Waals surface area contributed by atoms with E-state index in [1.165, 1.54) is 12.4 Å². The van der Waals surface area contributed by atoms with Gasteiger partial charge >= 0.3 is 0 Å². The molecule has 0 aromatic carbocycles. The van der Waals surface area contributed by atoms with Crippen molar-refractivity contribution in [3.05, 3.63) is 22.7 Å². The fraction of sp³-hybridized carbons (Fsp3) is 0.556. The van der Waals surface area contributed by atoms with Gasteiger partial charge in [0.25, 0.3) is 5.56 Å². The number of anilines is 1. The first-order valence-corrected chi connectivity index (χ1v) is 4.50. The van der Waals surface area contributed by atoms with Crippen molar-refractivity contribution in [3.63, 3.8) is 0 Å². The van der Waals surface area contributed by atoms with E-state index in [0.29, 0.717) is 5.82 Å². The molecule has 0 bridgehead atoms. The minimum absolute atomic E-state index is 0.107. The van der Waals surface area contributed by atoms with Gasteiger partial charge < -0.3 is 15.0 Å². The molecule has 1 fully saturated rings. The van der Waals surface area contributed by atoms with E-state index in [4.69, 9.17) is 4.74 Å². The van der Waals surface area contributed by atoms with Gasteiger partial charge in [-0.05, 0) is 6.92 Å². The maximum Gasteiger partial charge on any atom is 0.252 e. The average molecular weight is 195 g/mol. The highest BCUT2D eigenvalue weighted by molar-refractivity contribution is 5.38. The number of rotatable bonds is 3. The summed E-state index contributed by atoms with van der Waals surface area (Å²) < 4.78 is 5.29. The van der Waals surface area contributed by atoms with Gasteiger partial charge in [-0.25, -0.2) is 4.98 Å². The second-order valence-corrected chi connectivity index (χ2v) is 3.71. The summed E-state index contributed by atoms with van der Waals surface area (Å²) in [5.41, 5.74) is -0.258. The number of nitrogens with one attached hydrogen (secondary N) is 2. The fourth-order valence-corrected chi connectivity index (χ4v) is 1.40. The Morgan fingerprint density at radius 2 is 2.57 bits per heavy atom. The van der Waals surface area contributed by atoms with E-state index in [-0.39, 0.29) is 17.2 Å². The van der Waals surface area contributed by atoms with Crippen LogP contribution in [0.1, 0.15) is 13.3 Å². The zero-order valence-electron chi connectivity index (χ0n) is 8.20. The fourth-order valence-electron chi connectivity index (χ4n) is 1.40. The second-order valence-electron chi connectivity index (χ2n) is 3.71. The predicted molar refractivity (Wildman–Crippen MR) is 52.3 cm³/mol. The molecular weight excluding hydrogens is 182 g/mol. The van der Waals surface area contributed by atoms with Gasteiger partial charge in [0.05, 0.1) is 18.0 Å². The third-order valence-electron chi connectivity index (χ3n) is 2.65. The Bertz CT molecular complexity index is 390. The minimum Gasteiger partial charge on any atom is -0.376 e. The lowest BCUT2D eigenvalue weighted by molar-refractivity contribution is 0.0936. The van der Waals surface area contributed by atoms with Crippen LogP contribution in [0.3, 0.4) is 0 Å². The maximum atomic E-state index is 11.0. The summed E-state index contributed by atoms with van der Waals surface area (Å²) in [5, 5.41) is 3.14. The number of nitrogens with zero attached hydrogens (tertiary/aromatic N) is 1. The molecule has 1 aromatic rings. The van der Waals surface area contributed by atoms with E-state index in [0.717, 1.165) is 6.42 Å². The van der Waals surface area contributed by atoms with Crippen molar-refractivity contribution in [2.45, 2.75) is 25.0 Å². The summed E-state index contributed by atoms with van der Waals surface area (Å²) >= 11 is 0. The Kier molecular flexibility index (Phi) is 2.03. The third kappa shape index (κ3) is 1.63. The van der Waals surface area contributed by atoms with Crippen molar-refractivity contribution in [2.24, 2.45) is 0 Å². The molecule has 1 aliphatic rings. The third-order valence-corrected chi connectivity index (χ3v) is 2.65. The Morgan fingerprint density at radius 1 is 1.79 bits per heavy atom. The molecule has 5 heteroatoms. The zero-order valence-corrected chi connectivity index (χ0v) is 8.20. The normalized spacial score (nSPS) is 30.0. The highest BCUT2D eigenvalue weighted by atomic mass is 16.5. The molecule has 76 valence electrons. The van der Waals surface area contributed by atoms with E-state index < -0.39 is 0 Å². The quantitative estimate of drug-likeness (QED) is 0.730. The van der Waals surface area contributed by atoms with Crippen LogP contribution in [0.4, 0.5) is 5.82 Å². The van der Waals surface area contributed by atoms with Gasteiger partial charge in [0.2, 0.25) is 0 Å². The van der Waals surface area contributed by atoms with Crippen molar-refractivity contribution in [1.82, 2.24) is 9.97 Å². The van der Waals surface area contributed by atoms with Crippen molar-refractivity contribution in [1.29, 1.82) is 0 Å². The van der Waals surface area contributed by atoms with Crippen LogP contribution in [0.15, 0.2) is 17.2 Å². The lowest BCUT2D eigenvalue weighted by atomic mass is 10.4. The number of methoxy groups -OCH3 is 1. The molecular formula is C9H13N3O2. The highest BCUT2D eigenvalue weighted by Gasteiger charge is 2.51. The molecule has 1 aromatic heterocycles. The SMILES string of the molecule is COC1(C)CC1Nc1cc(=O)[nH]cn1. The number of aromatic nitrogens is 2. The van der Waals surface area contributed by atoms with Gasteiger partial charge in [0.1, 0.15) is 5.82 Å². The lowest BCUT2D eigenvalue weighted by Crippen LogP contribution is -2.19. The van der Waals surface area contributed by atoms with Crippen molar-refractivity contribution in [3.8, 4) is 0 Å². The first-order valence-electron chi connectivity index (χ1n) is 4.50. The molecule has 2 rings (SSSR count). The predicted octanol–water partition coefficient (Wildman–Crippen LogP) is 0.359. The van der Waals surface area contributed by atoms with Crippen molar-refractivity contribution < 1.29 is 4.74 Å². The summed E-state index contributed by atoms with van der Waals surface area (Å²) in [4.78, 5) is 17.4. The first-order chi connectivity index (χ1) is 6.64. The summed E-state index contributed by atoms with van der Waals surface area (Å²) in [6, 6.07) is 1.69. The standard InChI is InChI=1S/C9H13N3O2/c1-9(14-2)4-6(9)12-7-3-8(13)11-5-10-7/h3,5-6H,4H2,1-2H3,(H2,10,11,12,13). The summed E-state index contributed by atoms with van der Waals surface area (Å²) in [5.74, 6) is 0.597. The molecule has 1 heterocycles. The largest absolute Gasteiger partial charge is 0.376 e. The van der Waals surface area contributed by atoms with Crippen LogP contribution in [0.2, 0.25) is 0 Å². The molecule has 5 nitrogen and oxygen atoms in total. The second kappa shape index (κ2) is 3.09. The van der Waals surface area contributed by atoms with Crippen molar-refractivity contribution in [2.75, 3.05) is 12.4 Å². The molecule has 1 aliphatic carbocycles. The van der Waals surface area contributed by atoms with Crippen LogP contribution in [0.25, 0.3) is 0 Å². The topological polar surface area (TPSA) is 67.0 Å². The van der Waals surface area contributed by atoms with Crippen LogP contribution in [0.5, 0.6) is 0 Å². The van der Waals surface area contributed by atoms with Gasteiger partial charge in [-0.15, -0.1) is 0 Å². The van der Waals surface area contributed by atoms with E-state index in [1.54, 1.807) is 7.11 Å². The molecule has 0 radical (unpaired) electrons. The molecule has 0 aliphatic heterocycles. The molecule has 2 N–H and O–H groups in total. The summed E-state index contributed by atoms with van der Waals surface area (Å²) in [6.45, 7) is 2.03. The molecule has 0 amide bonds. The molecule has 14 heavy (non-hydrogen) atoms. The number of hydrogen-bond donors (Lipinski definition) is 2. The Hall–Kier alpha value is -1.36. The van der Waals surface area contributed by atoms with E-state index >= 15 is 0 Å². The van der Waals surface area contributed by atoms with E-state index in [2.05, 4.69) is 15.3 Å². The van der Waals surface area contributed by atoms with E-state index in [1.807, 2.05) is 6.92 Å². The van der Waals surface area contributed by atoms with E-state index in [9.17, 15) is 4.79 Å². The Labute approximate surface area is 81.5 Å². The number of ether oxygens (including phenoxy) is 1. The van der Waals surface area contributed by atoms with Gasteiger partial charge in [-0.3, -0.25) is 4.79 Å². The Morgan fingerprint density at radius 3 is 3.14 bits per heavy atom. The minimum atomic E-state index is -0.151. The smallest absolute Gasteiger partial charge is 0.252 e. The summed E-state index contributed by atoms with van der Waals surface area (Å²) in [7, 11) is 1.69. The van der Waals surface area contributed by atoms with Gasteiger partial charge in [0.15, 0.2) is 0 Å². The molecule has 0 spiro atoms. The lowest BCUT2D eigenvalue weighted by Gasteiger charge is -2.09. The van der Waals surface area contributed by atoms with Crippen LogP contribution >= 0.6 is 0 Å². The number of aromatic amines is 1. The highest BCUT2D eigenvalue weighted by Crippen LogP contribution is 2.40. The number of hydrogen-bond acceptors (Lipinski definition) is 4. The maximum absolute atomic E-state index is 11.0. The first kappa shape index (κ1) is 9.21. The molecule has 1 saturated carbocycles. The Balaban J connectivity index is 2.03. The van der Waals surface area contributed by atoms with Gasteiger partial charge in [-0.2, -0.15) is 0 Å². The number of H-pyrrole nitrogens is 1. The van der Waals surface area contributed by atoms with Crippen LogP contribution < -0.4 is 10.9 Å². The molecule has 0 saturated heterocycles. The van der Waals surface area contributed by atoms with Crippen LogP contribution in [0, 0.1) is 0 Å². The molecule has 2 atom stereocenters. The monoisotopic (exact) mass is 195 g/mol. The van der Waals surface area contributed by atoms with Crippen molar-refractivity contribution >= 4 is 5.82 Å². The van der Waals surface area contributed by atoms with Crippen LogP contribution in [-0.4, -0.2) is 28.7 Å². The van der Waals surface area contributed by atoms with Crippen LogP contribution in [-0.2, 0) is 4.74 Å². The van der Waals surface area contributed by atoms with Gasteiger partial charge in [-0.1, -0.05) is 0 Å². The van der Waals surface area contributed by atoms with Gasteiger partial charge in [0, 0.05) is 19.6 Å². The molecule has 2 unspecified atom stereocenters.